The number of nitrogen functional groups attached to an aromatic ring is 1. The minimum atomic E-state index is -4.84. The third kappa shape index (κ3) is 12.9. The van der Waals surface area contributed by atoms with Gasteiger partial charge >= 0.3 is 18.4 Å². The smallest absolute Gasteiger partial charge is 0.420 e. The first-order valence-corrected chi connectivity index (χ1v) is 17.1. The van der Waals surface area contributed by atoms with Crippen LogP contribution in [-0.4, -0.2) is 47.2 Å². The minimum absolute atomic E-state index is 0.0681. The maximum atomic E-state index is 14.1. The molecule has 3 amide bonds. The van der Waals surface area contributed by atoms with Crippen LogP contribution in [0.25, 0.3) is 0 Å². The highest BCUT2D eigenvalue weighted by Gasteiger charge is 2.35. The highest BCUT2D eigenvalue weighted by atomic mass is 19.4. The molecule has 1 saturated carbocycles. The van der Waals surface area contributed by atoms with Gasteiger partial charge in [0.25, 0.3) is 5.91 Å². The summed E-state index contributed by atoms with van der Waals surface area (Å²) in [7, 11) is 0. The lowest BCUT2D eigenvalue weighted by atomic mass is 9.91. The highest BCUT2D eigenvalue weighted by molar-refractivity contribution is 5.96. The van der Waals surface area contributed by atoms with Crippen molar-refractivity contribution in [1.82, 2.24) is 16.0 Å². The molecule has 0 bridgehead atoms. The summed E-state index contributed by atoms with van der Waals surface area (Å²) in [4.78, 5) is 37.8. The van der Waals surface area contributed by atoms with E-state index in [4.69, 9.17) is 30.1 Å². The molecule has 0 aromatic heterocycles. The summed E-state index contributed by atoms with van der Waals surface area (Å²) in [5, 5.41) is 16.1. The lowest BCUT2D eigenvalue weighted by molar-refractivity contribution is -0.138. The van der Waals surface area contributed by atoms with Gasteiger partial charge in [0.2, 0.25) is 0 Å². The predicted molar refractivity (Wildman–Crippen MR) is 191 cm³/mol. The monoisotopic (exact) mass is 741 g/mol. The predicted octanol–water partition coefficient (Wildman–Crippen LogP) is 8.16. The zero-order valence-electron chi connectivity index (χ0n) is 30.5. The van der Waals surface area contributed by atoms with E-state index >= 15 is 0 Å². The van der Waals surface area contributed by atoms with Crippen molar-refractivity contribution >= 4 is 23.9 Å². The topological polar surface area (TPSA) is 174 Å². The fourth-order valence-electron chi connectivity index (χ4n) is 5.38. The van der Waals surface area contributed by atoms with Gasteiger partial charge < -0.3 is 40.6 Å². The van der Waals surface area contributed by atoms with Crippen LogP contribution in [-0.2, 0) is 22.2 Å². The molecule has 3 aromatic rings. The summed E-state index contributed by atoms with van der Waals surface area (Å²) in [6, 6.07) is 13.4. The zero-order chi connectivity index (χ0) is 39.1. The van der Waals surface area contributed by atoms with Gasteiger partial charge in [-0.05, 0) is 115 Å². The van der Waals surface area contributed by atoms with Gasteiger partial charge in [-0.15, -0.1) is 0 Å². The van der Waals surface area contributed by atoms with Crippen molar-refractivity contribution < 1.29 is 46.5 Å². The molecule has 0 atom stereocenters. The number of rotatable bonds is 10. The van der Waals surface area contributed by atoms with E-state index in [0.29, 0.717) is 31.4 Å². The first kappa shape index (κ1) is 40.3. The minimum Gasteiger partial charge on any atom is -0.457 e. The van der Waals surface area contributed by atoms with E-state index in [-0.39, 0.29) is 41.3 Å². The van der Waals surface area contributed by atoms with Gasteiger partial charge in [0.1, 0.15) is 40.0 Å². The van der Waals surface area contributed by atoms with Gasteiger partial charge in [0.15, 0.2) is 0 Å². The zero-order valence-corrected chi connectivity index (χ0v) is 30.5. The van der Waals surface area contributed by atoms with Crippen molar-refractivity contribution in [2.75, 3.05) is 0 Å². The Morgan fingerprint density at radius 3 is 1.81 bits per heavy atom. The number of hydrogen-bond donors (Lipinski definition) is 5. The Morgan fingerprint density at radius 1 is 0.717 bits per heavy atom. The summed E-state index contributed by atoms with van der Waals surface area (Å²) >= 11 is 0. The molecular formula is C38H46F3N5O7. The fourth-order valence-corrected chi connectivity index (χ4v) is 5.38. The highest BCUT2D eigenvalue weighted by Crippen LogP contribution is 2.40. The number of carbonyl (C=O) groups is 3. The first-order chi connectivity index (χ1) is 24.6. The number of carbonyl (C=O) groups excluding carboxylic acids is 3. The number of nitrogens with two attached hydrogens (primary N) is 1. The summed E-state index contributed by atoms with van der Waals surface area (Å²) in [6.07, 6.45) is -3.59. The Morgan fingerprint density at radius 2 is 1.26 bits per heavy atom. The molecule has 12 nitrogen and oxygen atoms in total. The van der Waals surface area contributed by atoms with Crippen LogP contribution in [0.5, 0.6) is 23.0 Å². The van der Waals surface area contributed by atoms with Gasteiger partial charge in [0.05, 0.1) is 5.56 Å². The molecule has 0 aliphatic heterocycles. The Balaban J connectivity index is 1.53. The molecule has 15 heteroatoms. The third-order valence-corrected chi connectivity index (χ3v) is 7.74. The summed E-state index contributed by atoms with van der Waals surface area (Å²) < 4.78 is 64.5. The van der Waals surface area contributed by atoms with Crippen molar-refractivity contribution in [1.29, 1.82) is 5.41 Å². The third-order valence-electron chi connectivity index (χ3n) is 7.74. The van der Waals surface area contributed by atoms with Crippen molar-refractivity contribution in [3.05, 3.63) is 82.9 Å². The van der Waals surface area contributed by atoms with E-state index in [1.807, 2.05) is 0 Å². The number of amidine groups is 1. The standard InChI is InChI=1S/C38H46F3N5O7/c1-36(2,3)52-34(48)44-21-22-7-14-27(15-8-22)50-28-17-24(33(47)45-25-10-12-26(13-11-25)46-35(49)53-37(4,5)6)18-29(20-28)51-31-16-9-23(32(42)43)19-30(31)38(39,40)41/h7-9,14-20,25-26H,10-13,21H2,1-6H3,(H3,42,43)(H,44,48)(H,45,47)(H,46,49). The van der Waals surface area contributed by atoms with E-state index in [2.05, 4.69) is 16.0 Å². The maximum Gasteiger partial charge on any atom is 0.420 e. The molecular weight excluding hydrogens is 695 g/mol. The molecule has 1 aliphatic rings. The molecule has 0 heterocycles. The number of alkyl carbamates (subject to hydrolysis) is 2. The molecule has 0 radical (unpaired) electrons. The summed E-state index contributed by atoms with van der Waals surface area (Å²) in [5.41, 5.74) is 3.66. The van der Waals surface area contributed by atoms with E-state index in [0.717, 1.165) is 17.7 Å². The van der Waals surface area contributed by atoms with Crippen LogP contribution >= 0.6 is 0 Å². The second-order valence-electron chi connectivity index (χ2n) is 14.7. The quantitative estimate of drug-likeness (QED) is 0.102. The van der Waals surface area contributed by atoms with Crippen molar-refractivity contribution in [3.63, 3.8) is 0 Å². The SMILES string of the molecule is CC(C)(C)OC(=O)NCc1ccc(Oc2cc(Oc3ccc(C(=N)N)cc3C(F)(F)F)cc(C(=O)NC3CCC(NC(=O)OC(C)(C)C)CC3)c2)cc1. The van der Waals surface area contributed by atoms with Gasteiger partial charge in [0, 0.05) is 35.8 Å². The Kier molecular flexibility index (Phi) is 12.5. The van der Waals surface area contributed by atoms with Crippen LogP contribution in [0.1, 0.15) is 94.3 Å². The van der Waals surface area contributed by atoms with Crippen LogP contribution in [0.15, 0.2) is 60.7 Å². The molecule has 1 aliphatic carbocycles. The molecule has 3 aromatic carbocycles. The van der Waals surface area contributed by atoms with Gasteiger partial charge in [-0.3, -0.25) is 10.2 Å². The van der Waals surface area contributed by atoms with Crippen LogP contribution in [0.3, 0.4) is 0 Å². The average molecular weight is 742 g/mol. The van der Waals surface area contributed by atoms with Gasteiger partial charge in [-0.1, -0.05) is 12.1 Å². The second-order valence-corrected chi connectivity index (χ2v) is 14.7. The maximum absolute atomic E-state index is 14.1. The molecule has 0 spiro atoms. The van der Waals surface area contributed by atoms with Crippen LogP contribution in [0.2, 0.25) is 0 Å². The number of ether oxygens (including phenoxy) is 4. The van der Waals surface area contributed by atoms with Crippen LogP contribution in [0.4, 0.5) is 22.8 Å². The second kappa shape index (κ2) is 16.5. The number of amides is 3. The molecule has 4 rings (SSSR count). The molecule has 6 N–H and O–H groups in total. The van der Waals surface area contributed by atoms with Crippen molar-refractivity contribution in [2.24, 2.45) is 5.73 Å². The molecule has 286 valence electrons. The molecule has 0 saturated heterocycles. The number of benzene rings is 3. The van der Waals surface area contributed by atoms with E-state index in [9.17, 15) is 27.6 Å². The number of alkyl halides is 3. The van der Waals surface area contributed by atoms with Crippen molar-refractivity contribution in [3.8, 4) is 23.0 Å². The van der Waals surface area contributed by atoms with Crippen molar-refractivity contribution in [2.45, 2.75) is 103 Å². The van der Waals surface area contributed by atoms with E-state index < -0.39 is 52.6 Å². The Bertz CT molecular complexity index is 1790. The van der Waals surface area contributed by atoms with E-state index in [1.54, 1.807) is 65.8 Å². The van der Waals surface area contributed by atoms with Crippen LogP contribution in [0, 0.1) is 5.41 Å². The number of nitrogens with one attached hydrogen (secondary N) is 4. The molecule has 0 unspecified atom stereocenters. The summed E-state index contributed by atoms with van der Waals surface area (Å²) in [6.45, 7) is 10.8. The molecule has 53 heavy (non-hydrogen) atoms. The van der Waals surface area contributed by atoms with Crippen LogP contribution < -0.4 is 31.2 Å². The van der Waals surface area contributed by atoms with E-state index in [1.165, 1.54) is 24.3 Å². The van der Waals surface area contributed by atoms with Gasteiger partial charge in [-0.25, -0.2) is 9.59 Å². The number of hydrogen-bond acceptors (Lipinski definition) is 8. The largest absolute Gasteiger partial charge is 0.457 e. The fraction of sp³-hybridized carbons (Fsp3) is 0.421. The summed E-state index contributed by atoms with van der Waals surface area (Å²) in [5.74, 6) is -1.28. The Labute approximate surface area is 306 Å². The lowest BCUT2D eigenvalue weighted by Gasteiger charge is -2.30. The Hall–Kier alpha value is -5.47. The lowest BCUT2D eigenvalue weighted by Crippen LogP contribution is -2.45. The normalized spacial score (nSPS) is 16.2. The van der Waals surface area contributed by atoms with Gasteiger partial charge in [-0.2, -0.15) is 13.2 Å². The first-order valence-electron chi connectivity index (χ1n) is 17.1. The average Bonchev–Trinajstić information content (AvgIpc) is 3.03. The number of halogens is 3. The molecule has 1 fully saturated rings.